The Hall–Kier alpha value is -0.570. The molecular formula is C14H24N2O. The van der Waals surface area contributed by atoms with Crippen LogP contribution in [0.1, 0.15) is 44.9 Å². The lowest BCUT2D eigenvalue weighted by atomic mass is 9.90. The van der Waals surface area contributed by atoms with Crippen molar-refractivity contribution in [2.24, 2.45) is 17.8 Å². The molecule has 3 heteroatoms. The molecule has 96 valence electrons. The first-order valence-electron chi connectivity index (χ1n) is 7.24. The van der Waals surface area contributed by atoms with Crippen LogP contribution in [0, 0.1) is 17.8 Å². The second-order valence-corrected chi connectivity index (χ2v) is 6.27. The maximum atomic E-state index is 12.1. The fraction of sp³-hybridized carbons (Fsp3) is 0.929. The van der Waals surface area contributed by atoms with E-state index < -0.39 is 0 Å². The number of amides is 1. The van der Waals surface area contributed by atoms with Gasteiger partial charge in [-0.3, -0.25) is 4.79 Å². The average molecular weight is 236 g/mol. The van der Waals surface area contributed by atoms with Gasteiger partial charge in [0, 0.05) is 18.0 Å². The van der Waals surface area contributed by atoms with Gasteiger partial charge in [-0.15, -0.1) is 0 Å². The zero-order valence-corrected chi connectivity index (χ0v) is 10.7. The van der Waals surface area contributed by atoms with Crippen LogP contribution in [0.25, 0.3) is 0 Å². The number of nitrogens with one attached hydrogen (secondary N) is 2. The van der Waals surface area contributed by atoms with E-state index in [0.29, 0.717) is 23.9 Å². The molecule has 0 spiro atoms. The van der Waals surface area contributed by atoms with Gasteiger partial charge in [0.15, 0.2) is 0 Å². The van der Waals surface area contributed by atoms with Gasteiger partial charge in [0.05, 0.1) is 0 Å². The van der Waals surface area contributed by atoms with E-state index in [0.717, 1.165) is 24.7 Å². The Balaban J connectivity index is 1.42. The maximum Gasteiger partial charge on any atom is 0.223 e. The van der Waals surface area contributed by atoms with Gasteiger partial charge in [0.25, 0.3) is 0 Å². The molecule has 2 N–H and O–H groups in total. The SMILES string of the molecule is CNC1CCC(NC(=O)C2CC3CC3C2)CC1. The molecule has 0 bridgehead atoms. The Morgan fingerprint density at radius 3 is 2.12 bits per heavy atom. The summed E-state index contributed by atoms with van der Waals surface area (Å²) in [5.41, 5.74) is 0. The Labute approximate surface area is 104 Å². The smallest absolute Gasteiger partial charge is 0.223 e. The summed E-state index contributed by atoms with van der Waals surface area (Å²) in [6.45, 7) is 0. The molecule has 3 saturated carbocycles. The molecule has 0 aromatic carbocycles. The number of fused-ring (bicyclic) bond motifs is 1. The molecule has 3 fully saturated rings. The first-order valence-corrected chi connectivity index (χ1v) is 7.24. The number of rotatable bonds is 3. The second-order valence-electron chi connectivity index (χ2n) is 6.27. The Bertz CT molecular complexity index is 287. The highest BCUT2D eigenvalue weighted by Gasteiger charge is 2.48. The summed E-state index contributed by atoms with van der Waals surface area (Å²) in [6.07, 6.45) is 8.45. The van der Waals surface area contributed by atoms with E-state index in [1.54, 1.807) is 0 Å². The standard InChI is InChI=1S/C14H24N2O/c1-15-12-2-4-13(5-3-12)16-14(17)11-7-9-6-10(9)8-11/h9-13,15H,2-8H2,1H3,(H,16,17). The van der Waals surface area contributed by atoms with Gasteiger partial charge in [-0.1, -0.05) is 0 Å². The minimum absolute atomic E-state index is 0.348. The van der Waals surface area contributed by atoms with E-state index in [1.807, 2.05) is 7.05 Å². The lowest BCUT2D eigenvalue weighted by Crippen LogP contribution is -2.43. The zero-order chi connectivity index (χ0) is 11.8. The van der Waals surface area contributed by atoms with Crippen molar-refractivity contribution < 1.29 is 4.79 Å². The van der Waals surface area contributed by atoms with Gasteiger partial charge in [0.2, 0.25) is 5.91 Å². The van der Waals surface area contributed by atoms with Gasteiger partial charge in [0.1, 0.15) is 0 Å². The van der Waals surface area contributed by atoms with Gasteiger partial charge >= 0.3 is 0 Å². The molecule has 1 amide bonds. The largest absolute Gasteiger partial charge is 0.353 e. The minimum Gasteiger partial charge on any atom is -0.353 e. The summed E-state index contributed by atoms with van der Waals surface area (Å²) in [7, 11) is 2.04. The van der Waals surface area contributed by atoms with E-state index in [1.165, 1.54) is 32.1 Å². The van der Waals surface area contributed by atoms with Crippen molar-refractivity contribution in [3.63, 3.8) is 0 Å². The van der Waals surface area contributed by atoms with Crippen LogP contribution in [0.15, 0.2) is 0 Å². The van der Waals surface area contributed by atoms with Crippen LogP contribution in [0.5, 0.6) is 0 Å². The van der Waals surface area contributed by atoms with Crippen LogP contribution in [-0.4, -0.2) is 25.0 Å². The lowest BCUT2D eigenvalue weighted by molar-refractivity contribution is -0.126. The van der Waals surface area contributed by atoms with Crippen molar-refractivity contribution in [1.29, 1.82) is 0 Å². The third-order valence-corrected chi connectivity index (χ3v) is 5.10. The van der Waals surface area contributed by atoms with Crippen molar-refractivity contribution >= 4 is 5.91 Å². The lowest BCUT2D eigenvalue weighted by Gasteiger charge is -2.29. The molecule has 0 saturated heterocycles. The molecule has 3 rings (SSSR count). The van der Waals surface area contributed by atoms with Crippen molar-refractivity contribution in [2.75, 3.05) is 7.05 Å². The highest BCUT2D eigenvalue weighted by molar-refractivity contribution is 5.79. The summed E-state index contributed by atoms with van der Waals surface area (Å²) >= 11 is 0. The summed E-state index contributed by atoms with van der Waals surface area (Å²) in [5.74, 6) is 2.52. The van der Waals surface area contributed by atoms with E-state index in [9.17, 15) is 4.79 Å². The van der Waals surface area contributed by atoms with Crippen molar-refractivity contribution in [3.05, 3.63) is 0 Å². The molecule has 17 heavy (non-hydrogen) atoms. The molecule has 2 unspecified atom stereocenters. The van der Waals surface area contributed by atoms with E-state index in [-0.39, 0.29) is 0 Å². The fourth-order valence-corrected chi connectivity index (χ4v) is 3.77. The van der Waals surface area contributed by atoms with Crippen LogP contribution >= 0.6 is 0 Å². The highest BCUT2D eigenvalue weighted by atomic mass is 16.1. The molecule has 0 aromatic rings. The van der Waals surface area contributed by atoms with E-state index in [4.69, 9.17) is 0 Å². The van der Waals surface area contributed by atoms with Crippen LogP contribution < -0.4 is 10.6 Å². The van der Waals surface area contributed by atoms with Crippen molar-refractivity contribution in [1.82, 2.24) is 10.6 Å². The van der Waals surface area contributed by atoms with Gasteiger partial charge in [-0.05, 0) is 63.8 Å². The first-order chi connectivity index (χ1) is 8.26. The summed E-state index contributed by atoms with van der Waals surface area (Å²) < 4.78 is 0. The van der Waals surface area contributed by atoms with Crippen LogP contribution in [0.3, 0.4) is 0 Å². The normalized spacial score (nSPS) is 44.2. The Morgan fingerprint density at radius 2 is 1.53 bits per heavy atom. The number of hydrogen-bond acceptors (Lipinski definition) is 2. The molecular weight excluding hydrogens is 212 g/mol. The molecule has 3 aliphatic carbocycles. The molecule has 0 aromatic heterocycles. The topological polar surface area (TPSA) is 41.1 Å². The summed E-state index contributed by atoms with van der Waals surface area (Å²) in [5, 5.41) is 6.61. The fourth-order valence-electron chi connectivity index (χ4n) is 3.77. The predicted octanol–water partition coefficient (Wildman–Crippen LogP) is 1.68. The van der Waals surface area contributed by atoms with Crippen LogP contribution in [-0.2, 0) is 4.79 Å². The number of carbonyl (C=O) groups is 1. The minimum atomic E-state index is 0.348. The van der Waals surface area contributed by atoms with Gasteiger partial charge in [-0.2, -0.15) is 0 Å². The van der Waals surface area contributed by atoms with E-state index in [2.05, 4.69) is 10.6 Å². The number of hydrogen-bond donors (Lipinski definition) is 2. The Morgan fingerprint density at radius 1 is 0.941 bits per heavy atom. The number of carbonyl (C=O) groups excluding carboxylic acids is 1. The molecule has 2 atom stereocenters. The van der Waals surface area contributed by atoms with Crippen molar-refractivity contribution in [2.45, 2.75) is 57.0 Å². The molecule has 0 radical (unpaired) electrons. The summed E-state index contributed by atoms with van der Waals surface area (Å²) in [6, 6.07) is 1.12. The third kappa shape index (κ3) is 2.49. The Kier molecular flexibility index (Phi) is 3.12. The highest BCUT2D eigenvalue weighted by Crippen LogP contribution is 2.54. The van der Waals surface area contributed by atoms with Gasteiger partial charge < -0.3 is 10.6 Å². The zero-order valence-electron chi connectivity index (χ0n) is 10.7. The third-order valence-electron chi connectivity index (χ3n) is 5.10. The molecule has 3 nitrogen and oxygen atoms in total. The van der Waals surface area contributed by atoms with Crippen LogP contribution in [0.4, 0.5) is 0 Å². The molecule has 3 aliphatic rings. The molecule has 0 heterocycles. The van der Waals surface area contributed by atoms with Gasteiger partial charge in [-0.25, -0.2) is 0 Å². The summed E-state index contributed by atoms with van der Waals surface area (Å²) in [4.78, 5) is 12.1. The quantitative estimate of drug-likeness (QED) is 0.783. The van der Waals surface area contributed by atoms with Crippen LogP contribution in [0.2, 0.25) is 0 Å². The molecule has 0 aliphatic heterocycles. The predicted molar refractivity (Wildman–Crippen MR) is 67.6 cm³/mol. The first kappa shape index (κ1) is 11.5. The van der Waals surface area contributed by atoms with Crippen molar-refractivity contribution in [3.8, 4) is 0 Å². The second kappa shape index (κ2) is 4.60. The average Bonchev–Trinajstić information content (AvgIpc) is 2.97. The monoisotopic (exact) mass is 236 g/mol. The van der Waals surface area contributed by atoms with E-state index >= 15 is 0 Å². The maximum absolute atomic E-state index is 12.1.